The first kappa shape index (κ1) is 22.5. The van der Waals surface area contributed by atoms with Crippen LogP contribution in [0.2, 0.25) is 15.1 Å². The van der Waals surface area contributed by atoms with Gasteiger partial charge in [0.2, 0.25) is 0 Å². The molecule has 4 rings (SSSR count). The Morgan fingerprint density at radius 3 is 2.41 bits per heavy atom. The van der Waals surface area contributed by atoms with Crippen LogP contribution in [0.1, 0.15) is 27.3 Å². The number of anilines is 2. The fraction of sp³-hybridized carbons (Fsp3) is 0.0952. The van der Waals surface area contributed by atoms with E-state index in [2.05, 4.69) is 10.3 Å². The molecule has 0 fully saturated rings. The summed E-state index contributed by atoms with van der Waals surface area (Å²) in [5.74, 6) is -0.904. The molecule has 1 amide bonds. The smallest absolute Gasteiger partial charge is 0.264 e. The minimum absolute atomic E-state index is 0.00405. The molecule has 32 heavy (non-hydrogen) atoms. The van der Waals surface area contributed by atoms with Gasteiger partial charge in [0, 0.05) is 18.0 Å². The fourth-order valence-corrected chi connectivity index (χ4v) is 5.62. The number of amides is 1. The van der Waals surface area contributed by atoms with Crippen LogP contribution in [-0.2, 0) is 10.0 Å². The molecule has 0 unspecified atom stereocenters. The molecule has 0 saturated heterocycles. The van der Waals surface area contributed by atoms with Crippen LogP contribution < -0.4 is 9.62 Å². The Kier molecular flexibility index (Phi) is 6.13. The molecule has 1 aromatic heterocycles. The van der Waals surface area contributed by atoms with Gasteiger partial charge in [-0.05, 0) is 36.4 Å². The van der Waals surface area contributed by atoms with Crippen molar-refractivity contribution in [2.45, 2.75) is 11.3 Å². The van der Waals surface area contributed by atoms with Crippen molar-refractivity contribution in [2.75, 3.05) is 16.2 Å². The topological polar surface area (TPSA) is 96.4 Å². The molecule has 2 aromatic carbocycles. The van der Waals surface area contributed by atoms with Gasteiger partial charge in [-0.1, -0.05) is 46.9 Å². The van der Waals surface area contributed by atoms with Crippen molar-refractivity contribution in [2.24, 2.45) is 0 Å². The number of Topliss-reactive ketones (excluding diaryl/α,β-unsaturated/α-hetero) is 1. The molecule has 3 aromatic rings. The van der Waals surface area contributed by atoms with E-state index >= 15 is 0 Å². The third kappa shape index (κ3) is 4.19. The second-order valence-electron chi connectivity index (χ2n) is 6.85. The summed E-state index contributed by atoms with van der Waals surface area (Å²) < 4.78 is 27.6. The molecule has 2 heterocycles. The summed E-state index contributed by atoms with van der Waals surface area (Å²) in [6.45, 7) is -0.0733. The lowest BCUT2D eigenvalue weighted by Gasteiger charge is -2.29. The summed E-state index contributed by atoms with van der Waals surface area (Å²) in [6, 6.07) is 11.8. The first-order valence-corrected chi connectivity index (χ1v) is 11.8. The zero-order valence-corrected chi connectivity index (χ0v) is 19.3. The highest BCUT2D eigenvalue weighted by Gasteiger charge is 2.34. The quantitative estimate of drug-likeness (QED) is 0.528. The Morgan fingerprint density at radius 2 is 1.72 bits per heavy atom. The lowest BCUT2D eigenvalue weighted by Crippen LogP contribution is -2.38. The number of hydrogen-bond acceptors (Lipinski definition) is 5. The van der Waals surface area contributed by atoms with E-state index in [1.165, 1.54) is 42.6 Å². The van der Waals surface area contributed by atoms with Crippen LogP contribution in [0.3, 0.4) is 0 Å². The molecule has 0 atom stereocenters. The highest BCUT2D eigenvalue weighted by Crippen LogP contribution is 2.34. The van der Waals surface area contributed by atoms with Crippen LogP contribution in [0.4, 0.5) is 11.4 Å². The van der Waals surface area contributed by atoms with Gasteiger partial charge >= 0.3 is 0 Å². The Labute approximate surface area is 199 Å². The first-order valence-electron chi connectivity index (χ1n) is 9.25. The molecule has 1 aliphatic heterocycles. The molecule has 0 radical (unpaired) electrons. The highest BCUT2D eigenvalue weighted by atomic mass is 35.5. The molecule has 164 valence electrons. The number of sulfonamides is 1. The number of nitrogens with one attached hydrogen (secondary N) is 1. The van der Waals surface area contributed by atoms with Crippen molar-refractivity contribution < 1.29 is 18.0 Å². The summed E-state index contributed by atoms with van der Waals surface area (Å²) in [6.07, 6.45) is 1.25. The lowest BCUT2D eigenvalue weighted by molar-refractivity contribution is 0.0976. The van der Waals surface area contributed by atoms with Crippen LogP contribution >= 0.6 is 34.8 Å². The normalized spacial score (nSPS) is 13.6. The first-order chi connectivity index (χ1) is 15.2. The number of carbonyl (C=O) groups excluding carboxylic acids is 2. The SMILES string of the molecule is O=C1CCN(S(=O)(=O)c2cccc(Cl)c2)c2cc(NC(=O)c3c(Cl)cccc3Cl)cnc21. The third-order valence-electron chi connectivity index (χ3n) is 4.77. The minimum Gasteiger partial charge on any atom is -0.320 e. The van der Waals surface area contributed by atoms with Gasteiger partial charge < -0.3 is 5.32 Å². The number of ketones is 1. The van der Waals surface area contributed by atoms with Gasteiger partial charge in [-0.2, -0.15) is 0 Å². The second-order valence-corrected chi connectivity index (χ2v) is 9.96. The predicted octanol–water partition coefficient (Wildman–Crippen LogP) is 5.08. The van der Waals surface area contributed by atoms with E-state index in [1.807, 2.05) is 0 Å². The van der Waals surface area contributed by atoms with E-state index in [-0.39, 0.29) is 61.3 Å². The van der Waals surface area contributed by atoms with Crippen LogP contribution in [0.5, 0.6) is 0 Å². The van der Waals surface area contributed by atoms with Crippen molar-refractivity contribution in [1.29, 1.82) is 0 Å². The molecular formula is C21H14Cl3N3O4S. The molecular weight excluding hydrogens is 497 g/mol. The maximum absolute atomic E-state index is 13.3. The van der Waals surface area contributed by atoms with Crippen LogP contribution in [0, 0.1) is 0 Å². The highest BCUT2D eigenvalue weighted by molar-refractivity contribution is 7.92. The van der Waals surface area contributed by atoms with Crippen LogP contribution in [0.25, 0.3) is 0 Å². The number of rotatable bonds is 4. The summed E-state index contributed by atoms with van der Waals surface area (Å²) in [4.78, 5) is 29.1. The number of fused-ring (bicyclic) bond motifs is 1. The number of benzene rings is 2. The molecule has 7 nitrogen and oxygen atoms in total. The van der Waals surface area contributed by atoms with Crippen molar-refractivity contribution in [3.8, 4) is 0 Å². The Morgan fingerprint density at radius 1 is 1.03 bits per heavy atom. The van der Waals surface area contributed by atoms with E-state index in [1.54, 1.807) is 12.1 Å². The minimum atomic E-state index is -4.03. The van der Waals surface area contributed by atoms with E-state index in [0.717, 1.165) is 4.31 Å². The lowest BCUT2D eigenvalue weighted by atomic mass is 10.1. The number of carbonyl (C=O) groups is 2. The maximum atomic E-state index is 13.3. The number of halogens is 3. The number of nitrogens with zero attached hydrogens (tertiary/aromatic N) is 2. The second kappa shape index (κ2) is 8.71. The standard InChI is InChI=1S/C21H14Cl3N3O4S/c22-12-3-1-4-14(9-12)32(30,31)27-8-7-18(28)20-17(27)10-13(11-25-20)26-21(29)19-15(23)5-2-6-16(19)24/h1-6,9-11H,7-8H2,(H,26,29). The summed E-state index contributed by atoms with van der Waals surface area (Å²) in [7, 11) is -4.03. The van der Waals surface area contributed by atoms with Gasteiger partial charge in [-0.25, -0.2) is 13.4 Å². The Bertz CT molecular complexity index is 1340. The van der Waals surface area contributed by atoms with Crippen LogP contribution in [-0.4, -0.2) is 31.6 Å². The van der Waals surface area contributed by atoms with Gasteiger partial charge in [-0.15, -0.1) is 0 Å². The van der Waals surface area contributed by atoms with Gasteiger partial charge in [0.1, 0.15) is 5.69 Å². The van der Waals surface area contributed by atoms with Crippen LogP contribution in [0.15, 0.2) is 59.6 Å². The fourth-order valence-electron chi connectivity index (χ4n) is 3.28. The summed E-state index contributed by atoms with van der Waals surface area (Å²) in [5, 5.41) is 3.17. The van der Waals surface area contributed by atoms with Gasteiger partial charge in [0.15, 0.2) is 5.78 Å². The van der Waals surface area contributed by atoms with Gasteiger partial charge in [0.05, 0.1) is 38.1 Å². The molecule has 0 bridgehead atoms. The molecule has 0 spiro atoms. The van der Waals surface area contributed by atoms with Crippen molar-refractivity contribution in [3.05, 3.63) is 81.1 Å². The molecule has 1 N–H and O–H groups in total. The van der Waals surface area contributed by atoms with E-state index in [9.17, 15) is 18.0 Å². The average Bonchev–Trinajstić information content (AvgIpc) is 2.73. The number of pyridine rings is 1. The molecule has 11 heteroatoms. The van der Waals surface area contributed by atoms with E-state index in [4.69, 9.17) is 34.8 Å². The zero-order valence-electron chi connectivity index (χ0n) is 16.2. The van der Waals surface area contributed by atoms with Gasteiger partial charge in [-0.3, -0.25) is 13.9 Å². The van der Waals surface area contributed by atoms with Crippen molar-refractivity contribution in [3.63, 3.8) is 0 Å². The monoisotopic (exact) mass is 509 g/mol. The largest absolute Gasteiger partial charge is 0.320 e. The van der Waals surface area contributed by atoms with Gasteiger partial charge in [0.25, 0.3) is 15.9 Å². The van der Waals surface area contributed by atoms with Crippen molar-refractivity contribution >= 4 is 67.9 Å². The molecule has 1 aliphatic rings. The summed E-state index contributed by atoms with van der Waals surface area (Å²) >= 11 is 18.1. The third-order valence-corrected chi connectivity index (χ3v) is 7.45. The number of hydrogen-bond donors (Lipinski definition) is 1. The average molecular weight is 511 g/mol. The maximum Gasteiger partial charge on any atom is 0.264 e. The Hall–Kier alpha value is -2.65. The molecule has 0 saturated carbocycles. The Balaban J connectivity index is 1.73. The number of aromatic nitrogens is 1. The van der Waals surface area contributed by atoms with E-state index in [0.29, 0.717) is 0 Å². The zero-order chi connectivity index (χ0) is 23.0. The van der Waals surface area contributed by atoms with Crippen molar-refractivity contribution in [1.82, 2.24) is 4.98 Å². The van der Waals surface area contributed by atoms with E-state index < -0.39 is 15.9 Å². The molecule has 0 aliphatic carbocycles. The predicted molar refractivity (Wildman–Crippen MR) is 124 cm³/mol. The summed E-state index contributed by atoms with van der Waals surface area (Å²) in [5.41, 5.74) is 0.290.